The maximum absolute atomic E-state index is 4.41. The van der Waals surface area contributed by atoms with Crippen LogP contribution in [0.25, 0.3) is 5.65 Å². The summed E-state index contributed by atoms with van der Waals surface area (Å²) in [7, 11) is 0. The molecule has 0 aliphatic carbocycles. The van der Waals surface area contributed by atoms with E-state index in [4.69, 9.17) is 0 Å². The smallest absolute Gasteiger partial charge is 0.155 e. The molecular weight excluding hydrogens is 230 g/mol. The standard InChI is InChI=1S/C13H15N3S/c1-3-4-11(17)7-10(2)12-8-15-13-9-14-5-6-16(12)13/h3-10,17H,1-2H3/b4-3-,11-7+. The fraction of sp³-hybridized carbons (Fsp3) is 0.231. The summed E-state index contributed by atoms with van der Waals surface area (Å²) >= 11 is 4.41. The second-order valence-electron chi connectivity index (χ2n) is 3.87. The summed E-state index contributed by atoms with van der Waals surface area (Å²) in [5, 5.41) is 0. The number of hydrogen-bond acceptors (Lipinski definition) is 3. The Morgan fingerprint density at radius 2 is 2.29 bits per heavy atom. The first-order chi connectivity index (χ1) is 8.22. The van der Waals surface area contributed by atoms with Crippen molar-refractivity contribution in [1.29, 1.82) is 0 Å². The van der Waals surface area contributed by atoms with Crippen molar-refractivity contribution in [3.05, 3.63) is 53.6 Å². The maximum Gasteiger partial charge on any atom is 0.155 e. The van der Waals surface area contributed by atoms with Gasteiger partial charge < -0.3 is 4.40 Å². The van der Waals surface area contributed by atoms with Crippen LogP contribution in [-0.2, 0) is 0 Å². The maximum atomic E-state index is 4.41. The first-order valence-corrected chi connectivity index (χ1v) is 5.97. The summed E-state index contributed by atoms with van der Waals surface area (Å²) in [5.41, 5.74) is 2.01. The van der Waals surface area contributed by atoms with Crippen LogP contribution in [0.2, 0.25) is 0 Å². The van der Waals surface area contributed by atoms with Crippen molar-refractivity contribution in [2.45, 2.75) is 19.8 Å². The Hall–Kier alpha value is -1.55. The Morgan fingerprint density at radius 3 is 3.06 bits per heavy atom. The number of aromatic nitrogens is 3. The molecule has 0 aromatic carbocycles. The van der Waals surface area contributed by atoms with Crippen LogP contribution in [-0.4, -0.2) is 14.4 Å². The summed E-state index contributed by atoms with van der Waals surface area (Å²) < 4.78 is 2.05. The molecule has 88 valence electrons. The van der Waals surface area contributed by atoms with Crippen LogP contribution >= 0.6 is 12.6 Å². The SMILES string of the molecule is C/C=C\C(S)=C/C(C)c1cnc2cnccn12. The lowest BCUT2D eigenvalue weighted by Crippen LogP contribution is -1.96. The molecule has 0 aliphatic rings. The van der Waals surface area contributed by atoms with E-state index in [9.17, 15) is 0 Å². The first kappa shape index (κ1) is 11.9. The van der Waals surface area contributed by atoms with Crippen LogP contribution in [0.5, 0.6) is 0 Å². The highest BCUT2D eigenvalue weighted by Gasteiger charge is 2.08. The number of allylic oxidation sites excluding steroid dienone is 3. The van der Waals surface area contributed by atoms with Crippen molar-refractivity contribution in [2.24, 2.45) is 0 Å². The summed E-state index contributed by atoms with van der Waals surface area (Å²) in [5.74, 6) is 0.260. The topological polar surface area (TPSA) is 30.2 Å². The van der Waals surface area contributed by atoms with E-state index >= 15 is 0 Å². The van der Waals surface area contributed by atoms with E-state index in [1.165, 1.54) is 0 Å². The zero-order valence-corrected chi connectivity index (χ0v) is 10.8. The largest absolute Gasteiger partial charge is 0.301 e. The van der Waals surface area contributed by atoms with Gasteiger partial charge in [-0.25, -0.2) is 4.98 Å². The molecule has 2 aromatic rings. The van der Waals surface area contributed by atoms with Gasteiger partial charge in [0.1, 0.15) is 0 Å². The van der Waals surface area contributed by atoms with Gasteiger partial charge >= 0.3 is 0 Å². The van der Waals surface area contributed by atoms with E-state index in [2.05, 4.69) is 35.6 Å². The average molecular weight is 245 g/mol. The zero-order valence-electron chi connectivity index (χ0n) is 9.91. The number of hydrogen-bond donors (Lipinski definition) is 1. The fourth-order valence-electron chi connectivity index (χ4n) is 1.77. The Bertz CT molecular complexity index is 569. The van der Waals surface area contributed by atoms with Crippen LogP contribution in [0, 0.1) is 0 Å². The van der Waals surface area contributed by atoms with Gasteiger partial charge in [-0.1, -0.05) is 25.2 Å². The fourth-order valence-corrected chi connectivity index (χ4v) is 2.14. The molecular formula is C13H15N3S. The minimum absolute atomic E-state index is 0.260. The van der Waals surface area contributed by atoms with E-state index in [1.54, 1.807) is 12.4 Å². The van der Waals surface area contributed by atoms with Crippen LogP contribution in [0.1, 0.15) is 25.5 Å². The Labute approximate surface area is 106 Å². The molecule has 2 aromatic heterocycles. The zero-order chi connectivity index (χ0) is 12.3. The minimum atomic E-state index is 0.260. The van der Waals surface area contributed by atoms with Gasteiger partial charge in [0, 0.05) is 35.1 Å². The van der Waals surface area contributed by atoms with Crippen molar-refractivity contribution in [3.8, 4) is 0 Å². The number of nitrogens with zero attached hydrogens (tertiary/aromatic N) is 3. The van der Waals surface area contributed by atoms with Crippen molar-refractivity contribution in [2.75, 3.05) is 0 Å². The number of thiol groups is 1. The van der Waals surface area contributed by atoms with Gasteiger partial charge in [-0.15, -0.1) is 12.6 Å². The summed E-state index contributed by atoms with van der Waals surface area (Å²) in [6, 6.07) is 0. The lowest BCUT2D eigenvalue weighted by molar-refractivity contribution is 0.880. The van der Waals surface area contributed by atoms with Gasteiger partial charge in [-0.3, -0.25) is 4.98 Å². The quantitative estimate of drug-likeness (QED) is 0.664. The highest BCUT2D eigenvalue weighted by Crippen LogP contribution is 2.20. The molecule has 1 atom stereocenters. The van der Waals surface area contributed by atoms with E-state index in [0.29, 0.717) is 0 Å². The highest BCUT2D eigenvalue weighted by atomic mass is 32.1. The molecule has 0 spiro atoms. The molecule has 2 heterocycles. The average Bonchev–Trinajstić information content (AvgIpc) is 2.72. The van der Waals surface area contributed by atoms with E-state index in [0.717, 1.165) is 16.2 Å². The second-order valence-corrected chi connectivity index (χ2v) is 4.38. The van der Waals surface area contributed by atoms with Crippen molar-refractivity contribution in [3.63, 3.8) is 0 Å². The van der Waals surface area contributed by atoms with E-state index in [-0.39, 0.29) is 5.92 Å². The highest BCUT2D eigenvalue weighted by molar-refractivity contribution is 7.84. The predicted molar refractivity (Wildman–Crippen MR) is 73.3 cm³/mol. The third-order valence-electron chi connectivity index (χ3n) is 2.57. The Morgan fingerprint density at radius 1 is 1.47 bits per heavy atom. The number of rotatable bonds is 3. The van der Waals surface area contributed by atoms with Crippen LogP contribution in [0.4, 0.5) is 0 Å². The molecule has 0 radical (unpaired) electrons. The molecule has 1 unspecified atom stereocenters. The molecule has 0 bridgehead atoms. The van der Waals surface area contributed by atoms with Crippen LogP contribution < -0.4 is 0 Å². The molecule has 0 aliphatic heterocycles. The van der Waals surface area contributed by atoms with E-state index in [1.807, 2.05) is 35.9 Å². The van der Waals surface area contributed by atoms with Crippen molar-refractivity contribution >= 4 is 18.3 Å². The van der Waals surface area contributed by atoms with Gasteiger partial charge in [-0.05, 0) is 6.92 Å². The van der Waals surface area contributed by atoms with E-state index < -0.39 is 0 Å². The summed E-state index contributed by atoms with van der Waals surface area (Å²) in [6.07, 6.45) is 13.4. The second kappa shape index (κ2) is 5.19. The third-order valence-corrected chi connectivity index (χ3v) is 2.87. The molecule has 17 heavy (non-hydrogen) atoms. The van der Waals surface area contributed by atoms with Gasteiger partial charge in [-0.2, -0.15) is 0 Å². The summed E-state index contributed by atoms with van der Waals surface area (Å²) in [6.45, 7) is 4.11. The monoisotopic (exact) mass is 245 g/mol. The normalized spacial score (nSPS) is 14.6. The van der Waals surface area contributed by atoms with Crippen molar-refractivity contribution in [1.82, 2.24) is 14.4 Å². The lowest BCUT2D eigenvalue weighted by atomic mass is 10.1. The summed E-state index contributed by atoms with van der Waals surface area (Å²) in [4.78, 5) is 9.33. The third kappa shape index (κ3) is 2.58. The molecule has 0 fully saturated rings. The number of fused-ring (bicyclic) bond motifs is 1. The first-order valence-electron chi connectivity index (χ1n) is 5.53. The molecule has 0 amide bonds. The van der Waals surface area contributed by atoms with Gasteiger partial charge in [0.25, 0.3) is 0 Å². The van der Waals surface area contributed by atoms with Gasteiger partial charge in [0.05, 0.1) is 6.20 Å². The van der Waals surface area contributed by atoms with Crippen LogP contribution in [0.15, 0.2) is 47.9 Å². The number of imidazole rings is 1. The molecule has 0 saturated carbocycles. The van der Waals surface area contributed by atoms with Crippen molar-refractivity contribution < 1.29 is 0 Å². The molecule has 0 saturated heterocycles. The Kier molecular flexibility index (Phi) is 3.64. The van der Waals surface area contributed by atoms with Gasteiger partial charge in [0.2, 0.25) is 0 Å². The molecule has 0 N–H and O–H groups in total. The minimum Gasteiger partial charge on any atom is -0.301 e. The van der Waals surface area contributed by atoms with Crippen LogP contribution in [0.3, 0.4) is 0 Å². The van der Waals surface area contributed by atoms with Gasteiger partial charge in [0.15, 0.2) is 5.65 Å². The Balaban J connectivity index is 2.37. The molecule has 2 rings (SSSR count). The molecule has 4 heteroatoms. The predicted octanol–water partition coefficient (Wildman–Crippen LogP) is 3.22. The lowest BCUT2D eigenvalue weighted by Gasteiger charge is -2.06. The molecule has 3 nitrogen and oxygen atoms in total.